The largest absolute Gasteiger partial charge is 0.493 e. The molecule has 0 aliphatic rings. The molecule has 0 aliphatic heterocycles. The molecular weight excluding hydrogens is 290 g/mol. The van der Waals surface area contributed by atoms with Crippen molar-refractivity contribution in [2.24, 2.45) is 5.92 Å². The van der Waals surface area contributed by atoms with Gasteiger partial charge >= 0.3 is 5.97 Å². The van der Waals surface area contributed by atoms with Crippen molar-refractivity contribution in [1.29, 1.82) is 0 Å². The number of carboxylic acid groups (broad SMARTS) is 1. The maximum atomic E-state index is 11.0. The summed E-state index contributed by atoms with van der Waals surface area (Å²) in [4.78, 5) is 11.0. The summed E-state index contributed by atoms with van der Waals surface area (Å²) in [6, 6.07) is 15.0. The smallest absolute Gasteiger partial charge is 0.335 e. The maximum absolute atomic E-state index is 11.0. The van der Waals surface area contributed by atoms with E-state index in [1.54, 1.807) is 18.2 Å². The van der Waals surface area contributed by atoms with Gasteiger partial charge in [0.1, 0.15) is 5.75 Å². The summed E-state index contributed by atoms with van der Waals surface area (Å²) in [5, 5.41) is 12.3. The molecule has 2 N–H and O–H groups in total. The lowest BCUT2D eigenvalue weighted by Gasteiger charge is -2.10. The van der Waals surface area contributed by atoms with Crippen LogP contribution in [0.3, 0.4) is 0 Å². The Morgan fingerprint density at radius 3 is 2.39 bits per heavy atom. The van der Waals surface area contributed by atoms with Gasteiger partial charge in [0.05, 0.1) is 12.2 Å². The molecule has 0 fully saturated rings. The fourth-order valence-electron chi connectivity index (χ4n) is 2.17. The first kappa shape index (κ1) is 17.0. The van der Waals surface area contributed by atoms with Gasteiger partial charge in [-0.3, -0.25) is 0 Å². The molecule has 0 saturated carbocycles. The van der Waals surface area contributed by atoms with Crippen LogP contribution in [0.25, 0.3) is 0 Å². The van der Waals surface area contributed by atoms with Gasteiger partial charge in [0.15, 0.2) is 0 Å². The first-order chi connectivity index (χ1) is 11.0. The fraction of sp³-hybridized carbons (Fsp3) is 0.316. The zero-order valence-electron chi connectivity index (χ0n) is 13.6. The molecule has 0 atom stereocenters. The van der Waals surface area contributed by atoms with E-state index in [1.165, 1.54) is 0 Å². The predicted molar refractivity (Wildman–Crippen MR) is 90.7 cm³/mol. The van der Waals surface area contributed by atoms with Crippen LogP contribution < -0.4 is 10.1 Å². The van der Waals surface area contributed by atoms with Gasteiger partial charge < -0.3 is 15.2 Å². The number of hydrogen-bond donors (Lipinski definition) is 2. The van der Waals surface area contributed by atoms with E-state index >= 15 is 0 Å². The molecule has 0 bridgehead atoms. The van der Waals surface area contributed by atoms with Gasteiger partial charge in [-0.2, -0.15) is 0 Å². The minimum absolute atomic E-state index is 0.313. The molecule has 0 radical (unpaired) electrons. The van der Waals surface area contributed by atoms with Gasteiger partial charge in [0.2, 0.25) is 0 Å². The molecule has 0 saturated heterocycles. The number of rotatable bonds is 8. The third-order valence-corrected chi connectivity index (χ3v) is 3.31. The molecule has 2 aromatic rings. The van der Waals surface area contributed by atoms with Crippen LogP contribution in [0.2, 0.25) is 0 Å². The summed E-state index contributed by atoms with van der Waals surface area (Å²) in [6.07, 6.45) is 0. The highest BCUT2D eigenvalue weighted by Gasteiger charge is 2.03. The van der Waals surface area contributed by atoms with Crippen LogP contribution in [0.15, 0.2) is 48.5 Å². The zero-order chi connectivity index (χ0) is 16.7. The second-order valence-corrected chi connectivity index (χ2v) is 5.96. The third-order valence-electron chi connectivity index (χ3n) is 3.31. The van der Waals surface area contributed by atoms with Crippen molar-refractivity contribution in [1.82, 2.24) is 5.32 Å². The summed E-state index contributed by atoms with van der Waals surface area (Å²) >= 11 is 0. The second kappa shape index (κ2) is 8.34. The van der Waals surface area contributed by atoms with E-state index in [0.717, 1.165) is 16.9 Å². The van der Waals surface area contributed by atoms with Crippen LogP contribution >= 0.6 is 0 Å². The highest BCUT2D eigenvalue weighted by molar-refractivity contribution is 5.87. The van der Waals surface area contributed by atoms with Crippen molar-refractivity contribution in [3.63, 3.8) is 0 Å². The summed E-state index contributed by atoms with van der Waals surface area (Å²) in [5.41, 5.74) is 2.41. The number of carboxylic acids is 1. The van der Waals surface area contributed by atoms with Crippen molar-refractivity contribution in [3.05, 3.63) is 65.2 Å². The van der Waals surface area contributed by atoms with Gasteiger partial charge in [0.25, 0.3) is 0 Å². The Morgan fingerprint density at radius 2 is 1.74 bits per heavy atom. The number of hydrogen-bond acceptors (Lipinski definition) is 3. The highest BCUT2D eigenvalue weighted by atomic mass is 16.5. The molecule has 23 heavy (non-hydrogen) atoms. The summed E-state index contributed by atoms with van der Waals surface area (Å²) in [7, 11) is 0. The lowest BCUT2D eigenvalue weighted by Crippen LogP contribution is -2.13. The normalized spacial score (nSPS) is 10.7. The molecule has 0 amide bonds. The average molecular weight is 313 g/mol. The Hall–Kier alpha value is -2.33. The molecule has 2 rings (SSSR count). The summed E-state index contributed by atoms with van der Waals surface area (Å²) in [5.74, 6) is 0.478. The van der Waals surface area contributed by atoms with E-state index in [0.29, 0.717) is 31.2 Å². The van der Waals surface area contributed by atoms with E-state index in [9.17, 15) is 4.79 Å². The molecule has 0 unspecified atom stereocenters. The number of benzene rings is 2. The summed E-state index contributed by atoms with van der Waals surface area (Å²) < 4.78 is 5.72. The lowest BCUT2D eigenvalue weighted by molar-refractivity contribution is 0.0696. The van der Waals surface area contributed by atoms with E-state index in [4.69, 9.17) is 9.84 Å². The average Bonchev–Trinajstić information content (AvgIpc) is 2.53. The molecule has 4 heteroatoms. The van der Waals surface area contributed by atoms with Gasteiger partial charge in [-0.25, -0.2) is 4.79 Å². The van der Waals surface area contributed by atoms with Gasteiger partial charge in [-0.05, 0) is 41.3 Å². The van der Waals surface area contributed by atoms with Crippen molar-refractivity contribution in [3.8, 4) is 5.75 Å². The van der Waals surface area contributed by atoms with Crippen LogP contribution in [0.5, 0.6) is 5.75 Å². The molecule has 0 aromatic heterocycles. The minimum Gasteiger partial charge on any atom is -0.493 e. The number of aromatic carboxylic acids is 1. The molecular formula is C19H23NO3. The third kappa shape index (κ3) is 5.75. The monoisotopic (exact) mass is 313 g/mol. The molecule has 0 spiro atoms. The number of nitrogens with one attached hydrogen (secondary N) is 1. The van der Waals surface area contributed by atoms with Crippen LogP contribution in [0.1, 0.15) is 35.3 Å². The first-order valence-corrected chi connectivity index (χ1v) is 7.79. The van der Waals surface area contributed by atoms with Gasteiger partial charge in [-0.15, -0.1) is 0 Å². The molecule has 122 valence electrons. The zero-order valence-corrected chi connectivity index (χ0v) is 13.6. The standard InChI is InChI=1S/C19H23NO3/c1-14(2)13-23-18-8-4-6-16(10-18)12-20-11-15-5-3-7-17(9-15)19(21)22/h3-10,14,20H,11-13H2,1-2H3,(H,21,22). The van der Waals surface area contributed by atoms with Gasteiger partial charge in [-0.1, -0.05) is 38.1 Å². The quantitative estimate of drug-likeness (QED) is 0.780. The van der Waals surface area contributed by atoms with E-state index in [1.807, 2.05) is 30.3 Å². The van der Waals surface area contributed by atoms with E-state index in [2.05, 4.69) is 19.2 Å². The SMILES string of the molecule is CC(C)COc1cccc(CNCc2cccc(C(=O)O)c2)c1. The molecule has 0 aliphatic carbocycles. The first-order valence-electron chi connectivity index (χ1n) is 7.79. The Balaban J connectivity index is 1.87. The topological polar surface area (TPSA) is 58.6 Å². The van der Waals surface area contributed by atoms with Crippen molar-refractivity contribution in [2.45, 2.75) is 26.9 Å². The highest BCUT2D eigenvalue weighted by Crippen LogP contribution is 2.14. The van der Waals surface area contributed by atoms with Crippen molar-refractivity contribution >= 4 is 5.97 Å². The van der Waals surface area contributed by atoms with Crippen LogP contribution in [0, 0.1) is 5.92 Å². The minimum atomic E-state index is -0.901. The lowest BCUT2D eigenvalue weighted by atomic mass is 10.1. The number of carbonyl (C=O) groups is 1. The Bertz CT molecular complexity index is 653. The number of ether oxygens (including phenoxy) is 1. The van der Waals surface area contributed by atoms with E-state index in [-0.39, 0.29) is 0 Å². The van der Waals surface area contributed by atoms with Gasteiger partial charge in [0, 0.05) is 13.1 Å². The van der Waals surface area contributed by atoms with Crippen LogP contribution in [0.4, 0.5) is 0 Å². The van der Waals surface area contributed by atoms with Crippen LogP contribution in [-0.4, -0.2) is 17.7 Å². The second-order valence-electron chi connectivity index (χ2n) is 5.96. The molecule has 2 aromatic carbocycles. The Labute approximate surface area is 137 Å². The summed E-state index contributed by atoms with van der Waals surface area (Å²) in [6.45, 7) is 6.28. The van der Waals surface area contributed by atoms with Crippen molar-refractivity contribution in [2.75, 3.05) is 6.61 Å². The van der Waals surface area contributed by atoms with E-state index < -0.39 is 5.97 Å². The fourth-order valence-corrected chi connectivity index (χ4v) is 2.17. The predicted octanol–water partition coefficient (Wildman–Crippen LogP) is 3.71. The van der Waals surface area contributed by atoms with Crippen molar-refractivity contribution < 1.29 is 14.6 Å². The molecule has 4 nitrogen and oxygen atoms in total. The Morgan fingerprint density at radius 1 is 1.09 bits per heavy atom. The van der Waals surface area contributed by atoms with Crippen LogP contribution in [-0.2, 0) is 13.1 Å². The Kier molecular flexibility index (Phi) is 6.18. The molecule has 0 heterocycles. The maximum Gasteiger partial charge on any atom is 0.335 e.